The minimum absolute atomic E-state index is 0.102. The van der Waals surface area contributed by atoms with Crippen LogP contribution in [0.5, 0.6) is 5.75 Å². The molecule has 1 amide bonds. The number of nitrogens with zero attached hydrogens (tertiary/aromatic N) is 1. The lowest BCUT2D eigenvalue weighted by molar-refractivity contribution is -0.140. The largest absolute Gasteiger partial charge is 0.507 e. The molecule has 1 aromatic carbocycles. The first-order chi connectivity index (χ1) is 11.7. The Balaban J connectivity index is 2.48. The van der Waals surface area contributed by atoms with E-state index in [1.807, 2.05) is 0 Å². The molecule has 0 unspecified atom stereocenters. The highest BCUT2D eigenvalue weighted by atomic mass is 16.6. The number of benzene rings is 1. The van der Waals surface area contributed by atoms with Crippen LogP contribution in [0.4, 0.5) is 4.79 Å². The summed E-state index contributed by atoms with van der Waals surface area (Å²) in [6, 6.07) is 5.08. The molecule has 0 fully saturated rings. The van der Waals surface area contributed by atoms with Crippen molar-refractivity contribution in [3.63, 3.8) is 0 Å². The van der Waals surface area contributed by atoms with Gasteiger partial charge in [-0.1, -0.05) is 6.07 Å². The number of aromatic hydroxyl groups is 1. The number of rotatable bonds is 7. The minimum atomic E-state index is -0.538. The van der Waals surface area contributed by atoms with Crippen molar-refractivity contribution >= 4 is 18.3 Å². The number of aryl methyl sites for hydroxylation is 1. The quantitative estimate of drug-likeness (QED) is 0.447. The van der Waals surface area contributed by atoms with Gasteiger partial charge in [0.15, 0.2) is 0 Å². The van der Waals surface area contributed by atoms with Gasteiger partial charge in [0.25, 0.3) is 0 Å². The summed E-state index contributed by atoms with van der Waals surface area (Å²) in [4.78, 5) is 26.8. The summed E-state index contributed by atoms with van der Waals surface area (Å²) in [5.41, 5.74) is 0.917. The lowest BCUT2D eigenvalue weighted by Crippen LogP contribution is -2.33. The molecule has 0 bridgehead atoms. The number of hydrogen-bond donors (Lipinski definition) is 2. The third kappa shape index (κ3) is 8.74. The number of nitrogens with one attached hydrogen (secondary N) is 1. The Bertz CT molecular complexity index is 620. The normalized spacial score (nSPS) is 11.4. The molecule has 0 saturated carbocycles. The van der Waals surface area contributed by atoms with Gasteiger partial charge in [-0.15, -0.1) is 0 Å². The van der Waals surface area contributed by atoms with E-state index < -0.39 is 11.7 Å². The van der Waals surface area contributed by atoms with Gasteiger partial charge >= 0.3 is 12.1 Å². The van der Waals surface area contributed by atoms with E-state index in [2.05, 4.69) is 15.0 Å². The summed E-state index contributed by atoms with van der Waals surface area (Å²) in [7, 11) is 1.35. The molecule has 0 radical (unpaired) electrons. The summed E-state index contributed by atoms with van der Waals surface area (Å²) in [6.45, 7) is 6.06. The molecular formula is C18H26N2O5. The van der Waals surface area contributed by atoms with E-state index in [-0.39, 0.29) is 18.1 Å². The minimum Gasteiger partial charge on any atom is -0.507 e. The van der Waals surface area contributed by atoms with Crippen LogP contribution in [0.25, 0.3) is 0 Å². The second kappa shape index (κ2) is 9.66. The zero-order valence-electron chi connectivity index (χ0n) is 15.2. The monoisotopic (exact) mass is 350 g/mol. The van der Waals surface area contributed by atoms with E-state index in [4.69, 9.17) is 4.74 Å². The summed E-state index contributed by atoms with van der Waals surface area (Å²) in [5, 5.41) is 12.5. The molecule has 0 aliphatic carbocycles. The summed E-state index contributed by atoms with van der Waals surface area (Å²) in [6.07, 6.45) is 1.84. The van der Waals surface area contributed by atoms with Crippen molar-refractivity contribution in [3.8, 4) is 5.75 Å². The summed E-state index contributed by atoms with van der Waals surface area (Å²) < 4.78 is 9.72. The number of carbonyl (C=O) groups is 2. The zero-order chi connectivity index (χ0) is 18.9. The van der Waals surface area contributed by atoms with E-state index in [1.165, 1.54) is 13.3 Å². The fourth-order valence-corrected chi connectivity index (χ4v) is 1.91. The predicted octanol–water partition coefficient (Wildman–Crippen LogP) is 2.44. The van der Waals surface area contributed by atoms with Gasteiger partial charge in [-0.25, -0.2) is 4.79 Å². The Labute approximate surface area is 148 Å². The molecule has 0 spiro atoms. The van der Waals surface area contributed by atoms with E-state index in [0.717, 1.165) is 5.56 Å². The molecule has 7 heteroatoms. The maximum atomic E-state index is 11.5. The van der Waals surface area contributed by atoms with Gasteiger partial charge in [0.05, 0.1) is 13.7 Å². The van der Waals surface area contributed by atoms with Crippen molar-refractivity contribution in [2.45, 2.75) is 39.2 Å². The van der Waals surface area contributed by atoms with Crippen molar-refractivity contribution in [1.82, 2.24) is 5.32 Å². The zero-order valence-corrected chi connectivity index (χ0v) is 15.2. The maximum Gasteiger partial charge on any atom is 0.407 e. The second-order valence-corrected chi connectivity index (χ2v) is 6.43. The highest BCUT2D eigenvalue weighted by Gasteiger charge is 2.15. The Morgan fingerprint density at radius 1 is 1.32 bits per heavy atom. The number of esters is 1. The molecule has 1 aromatic rings. The Hall–Kier alpha value is -2.57. The summed E-state index contributed by atoms with van der Waals surface area (Å²) >= 11 is 0. The Morgan fingerprint density at radius 3 is 2.68 bits per heavy atom. The number of phenols is 1. The number of ether oxygens (including phenoxy) is 2. The van der Waals surface area contributed by atoms with Gasteiger partial charge in [-0.3, -0.25) is 9.79 Å². The van der Waals surface area contributed by atoms with Crippen LogP contribution < -0.4 is 5.32 Å². The van der Waals surface area contributed by atoms with E-state index in [0.29, 0.717) is 25.1 Å². The number of amides is 1. The molecule has 138 valence electrons. The van der Waals surface area contributed by atoms with Crippen LogP contribution in [0.2, 0.25) is 0 Å². The van der Waals surface area contributed by atoms with Crippen LogP contribution in [-0.4, -0.2) is 49.2 Å². The highest BCUT2D eigenvalue weighted by molar-refractivity contribution is 5.83. The van der Waals surface area contributed by atoms with Crippen LogP contribution >= 0.6 is 0 Å². The van der Waals surface area contributed by atoms with Crippen molar-refractivity contribution in [2.24, 2.45) is 4.99 Å². The molecule has 0 aliphatic heterocycles. The molecular weight excluding hydrogens is 324 g/mol. The summed E-state index contributed by atoms with van der Waals surface area (Å²) in [5.74, 6) is -0.179. The number of carbonyl (C=O) groups excluding carboxylic acids is 2. The van der Waals surface area contributed by atoms with E-state index >= 15 is 0 Å². The van der Waals surface area contributed by atoms with Crippen molar-refractivity contribution in [3.05, 3.63) is 29.3 Å². The van der Waals surface area contributed by atoms with Crippen molar-refractivity contribution in [2.75, 3.05) is 20.2 Å². The van der Waals surface area contributed by atoms with Gasteiger partial charge < -0.3 is 19.9 Å². The molecule has 0 atom stereocenters. The Kier molecular flexibility index (Phi) is 7.91. The lowest BCUT2D eigenvalue weighted by Gasteiger charge is -2.19. The fraction of sp³-hybridized carbons (Fsp3) is 0.500. The van der Waals surface area contributed by atoms with Crippen LogP contribution in [0.3, 0.4) is 0 Å². The van der Waals surface area contributed by atoms with Crippen LogP contribution in [0.1, 0.15) is 38.3 Å². The first-order valence-corrected chi connectivity index (χ1v) is 8.06. The smallest absolute Gasteiger partial charge is 0.407 e. The number of methoxy groups -OCH3 is 1. The average molecular weight is 350 g/mol. The maximum absolute atomic E-state index is 11.5. The first-order valence-electron chi connectivity index (χ1n) is 8.06. The molecule has 0 saturated heterocycles. The first kappa shape index (κ1) is 20.5. The lowest BCUT2D eigenvalue weighted by atomic mass is 10.1. The van der Waals surface area contributed by atoms with Crippen LogP contribution in [0.15, 0.2) is 23.2 Å². The van der Waals surface area contributed by atoms with Crippen LogP contribution in [-0.2, 0) is 20.7 Å². The van der Waals surface area contributed by atoms with Gasteiger partial charge in [0, 0.05) is 24.7 Å². The topological polar surface area (TPSA) is 97.2 Å². The number of phenolic OH excluding ortho intramolecular Hbond substituents is 1. The van der Waals surface area contributed by atoms with Gasteiger partial charge in [-0.05, 0) is 44.9 Å². The standard InChI is InChI=1S/C18H26N2O5/c1-18(2,3)25-17(23)20-10-9-19-12-14-11-13(5-7-15(14)21)6-8-16(22)24-4/h5,7,11-12,21H,6,8-10H2,1-4H3,(H,20,23). The van der Waals surface area contributed by atoms with Gasteiger partial charge in [-0.2, -0.15) is 0 Å². The molecule has 1 rings (SSSR count). The van der Waals surface area contributed by atoms with Gasteiger partial charge in [0.2, 0.25) is 0 Å². The average Bonchev–Trinajstić information content (AvgIpc) is 2.52. The predicted molar refractivity (Wildman–Crippen MR) is 95.1 cm³/mol. The third-order valence-electron chi connectivity index (χ3n) is 3.08. The SMILES string of the molecule is COC(=O)CCc1ccc(O)c(C=NCCNC(=O)OC(C)(C)C)c1. The van der Waals surface area contributed by atoms with Crippen molar-refractivity contribution < 1.29 is 24.2 Å². The molecule has 0 aromatic heterocycles. The molecule has 7 nitrogen and oxygen atoms in total. The van der Waals surface area contributed by atoms with Crippen LogP contribution in [0, 0.1) is 0 Å². The molecule has 0 heterocycles. The number of hydrogen-bond acceptors (Lipinski definition) is 6. The number of aliphatic imine (C=N–C) groups is 1. The highest BCUT2D eigenvalue weighted by Crippen LogP contribution is 2.17. The fourth-order valence-electron chi connectivity index (χ4n) is 1.91. The second-order valence-electron chi connectivity index (χ2n) is 6.43. The Morgan fingerprint density at radius 2 is 2.04 bits per heavy atom. The molecule has 25 heavy (non-hydrogen) atoms. The van der Waals surface area contributed by atoms with Gasteiger partial charge in [0.1, 0.15) is 11.4 Å². The molecule has 2 N–H and O–H groups in total. The van der Waals surface area contributed by atoms with E-state index in [9.17, 15) is 14.7 Å². The third-order valence-corrected chi connectivity index (χ3v) is 3.08. The molecule has 0 aliphatic rings. The number of alkyl carbamates (subject to hydrolysis) is 1. The van der Waals surface area contributed by atoms with Crippen molar-refractivity contribution in [1.29, 1.82) is 0 Å². The van der Waals surface area contributed by atoms with E-state index in [1.54, 1.807) is 39.0 Å².